The smallest absolute Gasteiger partial charge is 0.279 e. The van der Waals surface area contributed by atoms with E-state index < -0.39 is 0 Å². The number of carbonyl (C=O) groups excluding carboxylic acids is 2. The van der Waals surface area contributed by atoms with Crippen molar-refractivity contribution in [3.05, 3.63) is 23.2 Å². The maximum atomic E-state index is 12.5. The third-order valence-electron chi connectivity index (χ3n) is 4.37. The molecule has 6 nitrogen and oxygen atoms in total. The molecular weight excluding hydrogens is 354 g/mol. The number of benzene rings is 1. The predicted molar refractivity (Wildman–Crippen MR) is 103 cm³/mol. The first-order valence-electron chi connectivity index (χ1n) is 9.15. The van der Waals surface area contributed by atoms with Gasteiger partial charge >= 0.3 is 0 Å². The SMILES string of the molecule is CCCN(CC1CC1)C(=O)C[NH+](C)CC(=O)Nc1cc(Cl)ccc1OC. The van der Waals surface area contributed by atoms with Gasteiger partial charge in [0.25, 0.3) is 11.8 Å². The molecule has 0 aliphatic heterocycles. The number of halogens is 1. The van der Waals surface area contributed by atoms with E-state index in [0.717, 1.165) is 24.4 Å². The first kappa shape index (κ1) is 20.5. The van der Waals surface area contributed by atoms with Crippen molar-refractivity contribution in [2.45, 2.75) is 26.2 Å². The van der Waals surface area contributed by atoms with Crippen LogP contribution in [0.4, 0.5) is 5.69 Å². The number of nitrogens with zero attached hydrogens (tertiary/aromatic N) is 1. The molecule has 2 amide bonds. The second-order valence-electron chi connectivity index (χ2n) is 6.99. The van der Waals surface area contributed by atoms with Crippen LogP contribution in [0.3, 0.4) is 0 Å². The van der Waals surface area contributed by atoms with Crippen LogP contribution in [0.5, 0.6) is 5.75 Å². The molecule has 0 spiro atoms. The normalized spacial score (nSPS) is 14.6. The fraction of sp³-hybridized carbons (Fsp3) is 0.579. The third kappa shape index (κ3) is 6.50. The number of hydrogen-bond acceptors (Lipinski definition) is 3. The van der Waals surface area contributed by atoms with Crippen LogP contribution in [0.1, 0.15) is 26.2 Å². The summed E-state index contributed by atoms with van der Waals surface area (Å²) in [6, 6.07) is 5.06. The summed E-state index contributed by atoms with van der Waals surface area (Å²) in [5, 5.41) is 3.33. The highest BCUT2D eigenvalue weighted by Gasteiger charge is 2.27. The summed E-state index contributed by atoms with van der Waals surface area (Å²) in [6.45, 7) is 4.23. The number of rotatable bonds is 10. The predicted octanol–water partition coefficient (Wildman–Crippen LogP) is 1.45. The van der Waals surface area contributed by atoms with E-state index in [1.807, 2.05) is 11.9 Å². The van der Waals surface area contributed by atoms with Gasteiger partial charge in [-0.3, -0.25) is 9.59 Å². The third-order valence-corrected chi connectivity index (χ3v) is 4.61. The van der Waals surface area contributed by atoms with E-state index in [1.165, 1.54) is 20.0 Å². The van der Waals surface area contributed by atoms with Crippen molar-refractivity contribution in [2.75, 3.05) is 45.7 Å². The van der Waals surface area contributed by atoms with Crippen molar-refractivity contribution < 1.29 is 19.2 Å². The average molecular weight is 383 g/mol. The summed E-state index contributed by atoms with van der Waals surface area (Å²) in [5.74, 6) is 1.16. The van der Waals surface area contributed by atoms with E-state index >= 15 is 0 Å². The molecule has 1 aromatic rings. The van der Waals surface area contributed by atoms with Crippen molar-refractivity contribution >= 4 is 29.1 Å². The monoisotopic (exact) mass is 382 g/mol. The molecule has 1 aliphatic carbocycles. The molecule has 1 saturated carbocycles. The van der Waals surface area contributed by atoms with Crippen molar-refractivity contribution in [3.63, 3.8) is 0 Å². The number of anilines is 1. The molecule has 0 aromatic heterocycles. The maximum Gasteiger partial charge on any atom is 0.279 e. The van der Waals surface area contributed by atoms with Gasteiger partial charge in [0.05, 0.1) is 19.8 Å². The number of quaternary nitrogens is 1. The summed E-state index contributed by atoms with van der Waals surface area (Å²) in [7, 11) is 3.39. The Labute approximate surface area is 160 Å². The molecule has 144 valence electrons. The van der Waals surface area contributed by atoms with E-state index in [0.29, 0.717) is 28.9 Å². The minimum Gasteiger partial charge on any atom is -0.495 e. The first-order valence-corrected chi connectivity index (χ1v) is 9.53. The van der Waals surface area contributed by atoms with Gasteiger partial charge in [0.15, 0.2) is 13.1 Å². The second-order valence-corrected chi connectivity index (χ2v) is 7.42. The van der Waals surface area contributed by atoms with Gasteiger partial charge in [-0.15, -0.1) is 0 Å². The Bertz CT molecular complexity index is 634. The van der Waals surface area contributed by atoms with E-state index in [-0.39, 0.29) is 18.4 Å². The molecule has 2 rings (SSSR count). The molecule has 1 unspecified atom stereocenters. The molecule has 1 atom stereocenters. The molecule has 26 heavy (non-hydrogen) atoms. The standard InChI is InChI=1S/C19H28ClN3O3/c1-4-9-23(11-14-5-6-14)19(25)13-22(2)12-18(24)21-16-10-15(20)7-8-17(16)26-3/h7-8,10,14H,4-6,9,11-13H2,1-3H3,(H,21,24)/p+1. The summed E-state index contributed by atoms with van der Waals surface area (Å²) in [6.07, 6.45) is 3.40. The molecule has 1 fully saturated rings. The lowest BCUT2D eigenvalue weighted by molar-refractivity contribution is -0.862. The summed E-state index contributed by atoms with van der Waals surface area (Å²) in [5.41, 5.74) is 0.533. The van der Waals surface area contributed by atoms with Crippen LogP contribution in [0.25, 0.3) is 0 Å². The van der Waals surface area contributed by atoms with Gasteiger partial charge in [-0.25, -0.2) is 0 Å². The van der Waals surface area contributed by atoms with E-state index in [1.54, 1.807) is 18.2 Å². The largest absolute Gasteiger partial charge is 0.495 e. The zero-order chi connectivity index (χ0) is 19.1. The molecule has 0 radical (unpaired) electrons. The number of amides is 2. The topological polar surface area (TPSA) is 63.1 Å². The molecule has 0 bridgehead atoms. The molecular formula is C19H29ClN3O3+. The molecule has 1 aromatic carbocycles. The van der Waals surface area contributed by atoms with Crippen LogP contribution in [0.2, 0.25) is 5.02 Å². The molecule has 0 saturated heterocycles. The zero-order valence-corrected chi connectivity index (χ0v) is 16.6. The van der Waals surface area contributed by atoms with Gasteiger partial charge < -0.3 is 19.9 Å². The first-order chi connectivity index (χ1) is 12.4. The number of hydrogen-bond donors (Lipinski definition) is 2. The Morgan fingerprint density at radius 1 is 1.35 bits per heavy atom. The number of carbonyl (C=O) groups is 2. The van der Waals surface area contributed by atoms with Gasteiger partial charge in [0, 0.05) is 18.1 Å². The highest BCUT2D eigenvalue weighted by Crippen LogP contribution is 2.29. The lowest BCUT2D eigenvalue weighted by Crippen LogP contribution is -3.11. The Balaban J connectivity index is 1.85. The minimum absolute atomic E-state index is 0.115. The zero-order valence-electron chi connectivity index (χ0n) is 15.8. The summed E-state index contributed by atoms with van der Waals surface area (Å²) < 4.78 is 5.23. The van der Waals surface area contributed by atoms with Crippen LogP contribution in [0.15, 0.2) is 18.2 Å². The molecule has 0 heterocycles. The van der Waals surface area contributed by atoms with Crippen LogP contribution in [-0.2, 0) is 9.59 Å². The van der Waals surface area contributed by atoms with Gasteiger partial charge in [-0.2, -0.15) is 0 Å². The highest BCUT2D eigenvalue weighted by atomic mass is 35.5. The van der Waals surface area contributed by atoms with Crippen LogP contribution in [-0.4, -0.2) is 57.1 Å². The minimum atomic E-state index is -0.180. The maximum absolute atomic E-state index is 12.5. The van der Waals surface area contributed by atoms with Crippen molar-refractivity contribution in [1.29, 1.82) is 0 Å². The van der Waals surface area contributed by atoms with Gasteiger partial charge in [-0.05, 0) is 43.4 Å². The van der Waals surface area contributed by atoms with Crippen molar-refractivity contribution in [1.82, 2.24) is 4.90 Å². The quantitative estimate of drug-likeness (QED) is 0.643. The van der Waals surface area contributed by atoms with Crippen molar-refractivity contribution in [3.8, 4) is 5.75 Å². The Kier molecular flexibility index (Phi) is 7.72. The summed E-state index contributed by atoms with van der Waals surface area (Å²) >= 11 is 5.98. The number of ether oxygens (including phenoxy) is 1. The fourth-order valence-electron chi connectivity index (χ4n) is 2.88. The number of methoxy groups -OCH3 is 1. The lowest BCUT2D eigenvalue weighted by atomic mass is 10.3. The van der Waals surface area contributed by atoms with E-state index in [2.05, 4.69) is 12.2 Å². The average Bonchev–Trinajstić information content (AvgIpc) is 3.38. The molecule has 2 N–H and O–H groups in total. The second kappa shape index (κ2) is 9.78. The van der Waals surface area contributed by atoms with Gasteiger partial charge in [-0.1, -0.05) is 18.5 Å². The Hall–Kier alpha value is -1.79. The fourth-order valence-corrected chi connectivity index (χ4v) is 3.05. The van der Waals surface area contributed by atoms with E-state index in [4.69, 9.17) is 16.3 Å². The van der Waals surface area contributed by atoms with Gasteiger partial charge in [0.2, 0.25) is 0 Å². The molecule has 7 heteroatoms. The summed E-state index contributed by atoms with van der Waals surface area (Å²) in [4.78, 5) is 27.6. The molecule has 1 aliphatic rings. The number of nitrogens with one attached hydrogen (secondary N) is 2. The van der Waals surface area contributed by atoms with Crippen LogP contribution >= 0.6 is 11.6 Å². The van der Waals surface area contributed by atoms with Crippen LogP contribution in [0, 0.1) is 5.92 Å². The van der Waals surface area contributed by atoms with Crippen LogP contribution < -0.4 is 15.0 Å². The van der Waals surface area contributed by atoms with Gasteiger partial charge in [0.1, 0.15) is 5.75 Å². The highest BCUT2D eigenvalue weighted by molar-refractivity contribution is 6.31. The Morgan fingerprint density at radius 3 is 2.69 bits per heavy atom. The lowest BCUT2D eigenvalue weighted by Gasteiger charge is -2.23. The number of likely N-dealkylation sites (N-methyl/N-ethyl adjacent to an activating group) is 1. The van der Waals surface area contributed by atoms with Crippen molar-refractivity contribution in [2.24, 2.45) is 5.92 Å². The van der Waals surface area contributed by atoms with E-state index in [9.17, 15) is 9.59 Å². The Morgan fingerprint density at radius 2 is 2.08 bits per heavy atom.